The highest BCUT2D eigenvalue weighted by atomic mass is 32.2. The predicted molar refractivity (Wildman–Crippen MR) is 75.0 cm³/mol. The van der Waals surface area contributed by atoms with Crippen molar-refractivity contribution in [1.82, 2.24) is 4.90 Å². The number of piperidine rings is 1. The highest BCUT2D eigenvalue weighted by molar-refractivity contribution is 7.89. The number of sulfonamides is 1. The molecular weight excluding hydrogens is 299 g/mol. The Balaban J connectivity index is 2.20. The average molecular weight is 316 g/mol. The highest BCUT2D eigenvalue weighted by Crippen LogP contribution is 2.22. The van der Waals surface area contributed by atoms with Crippen molar-refractivity contribution >= 4 is 15.9 Å². The first-order valence-electron chi connectivity index (χ1n) is 6.47. The van der Waals surface area contributed by atoms with E-state index in [9.17, 15) is 17.6 Å². The van der Waals surface area contributed by atoms with Crippen LogP contribution in [0.25, 0.3) is 0 Å². The lowest BCUT2D eigenvalue weighted by molar-refractivity contribution is 0.0726. The Morgan fingerprint density at radius 2 is 2.19 bits per heavy atom. The van der Waals surface area contributed by atoms with Gasteiger partial charge in [0.15, 0.2) is 11.6 Å². The monoisotopic (exact) mass is 316 g/mol. The number of hydrogen-bond acceptors (Lipinski definition) is 4. The van der Waals surface area contributed by atoms with Gasteiger partial charge in [-0.3, -0.25) is 4.79 Å². The van der Waals surface area contributed by atoms with Crippen LogP contribution in [0.5, 0.6) is 5.75 Å². The summed E-state index contributed by atoms with van der Waals surface area (Å²) in [5.41, 5.74) is 0.253. The fourth-order valence-electron chi connectivity index (χ4n) is 2.37. The van der Waals surface area contributed by atoms with Crippen molar-refractivity contribution in [3.63, 3.8) is 0 Å². The average Bonchev–Trinajstić information content (AvgIpc) is 2.46. The van der Waals surface area contributed by atoms with Gasteiger partial charge in [0.05, 0.1) is 12.4 Å². The lowest BCUT2D eigenvalue weighted by Gasteiger charge is -2.31. The molecule has 1 aromatic carbocycles. The van der Waals surface area contributed by atoms with Gasteiger partial charge in [0.1, 0.15) is 0 Å². The molecule has 0 spiro atoms. The third-order valence-corrected chi connectivity index (χ3v) is 4.84. The van der Waals surface area contributed by atoms with E-state index in [-0.39, 0.29) is 23.8 Å². The maximum Gasteiger partial charge on any atom is 0.254 e. The van der Waals surface area contributed by atoms with Gasteiger partial charge >= 0.3 is 0 Å². The lowest BCUT2D eigenvalue weighted by Crippen LogP contribution is -2.47. The van der Waals surface area contributed by atoms with Gasteiger partial charge in [-0.05, 0) is 31.0 Å². The van der Waals surface area contributed by atoms with Crippen LogP contribution in [0, 0.1) is 5.82 Å². The molecule has 116 valence electrons. The van der Waals surface area contributed by atoms with Gasteiger partial charge in [0, 0.05) is 18.7 Å². The second kappa shape index (κ2) is 5.98. The summed E-state index contributed by atoms with van der Waals surface area (Å²) in [6.45, 7) is 0.502. The Hall–Kier alpha value is -1.67. The molecule has 2 rings (SSSR count). The number of benzene rings is 1. The molecule has 2 N–H and O–H groups in total. The van der Waals surface area contributed by atoms with E-state index in [0.29, 0.717) is 19.4 Å². The molecule has 1 heterocycles. The van der Waals surface area contributed by atoms with Crippen molar-refractivity contribution in [3.8, 4) is 5.75 Å². The molecule has 21 heavy (non-hydrogen) atoms. The van der Waals surface area contributed by atoms with E-state index in [2.05, 4.69) is 0 Å². The molecule has 0 saturated carbocycles. The minimum atomic E-state index is -3.67. The van der Waals surface area contributed by atoms with E-state index in [1.54, 1.807) is 0 Å². The topological polar surface area (TPSA) is 89.7 Å². The SMILES string of the molecule is COc1cc(C(=O)N2CCCC(S(N)(=O)=O)C2)ccc1F. The molecule has 1 saturated heterocycles. The molecule has 0 aromatic heterocycles. The van der Waals surface area contributed by atoms with Crippen LogP contribution in [0.1, 0.15) is 23.2 Å². The maximum atomic E-state index is 13.3. The van der Waals surface area contributed by atoms with Gasteiger partial charge in [0.2, 0.25) is 10.0 Å². The van der Waals surface area contributed by atoms with Crippen molar-refractivity contribution < 1.29 is 22.3 Å². The third kappa shape index (κ3) is 3.51. The first-order valence-corrected chi connectivity index (χ1v) is 8.08. The Morgan fingerprint density at radius 1 is 1.48 bits per heavy atom. The summed E-state index contributed by atoms with van der Waals surface area (Å²) in [6, 6.07) is 3.80. The van der Waals surface area contributed by atoms with Gasteiger partial charge < -0.3 is 9.64 Å². The Labute approximate surface area is 122 Å². The van der Waals surface area contributed by atoms with Gasteiger partial charge in [0.25, 0.3) is 5.91 Å². The van der Waals surface area contributed by atoms with Crippen LogP contribution in [0.2, 0.25) is 0 Å². The van der Waals surface area contributed by atoms with Crippen LogP contribution in [0.4, 0.5) is 4.39 Å². The number of methoxy groups -OCH3 is 1. The minimum Gasteiger partial charge on any atom is -0.494 e. The molecule has 1 atom stereocenters. The molecule has 1 aliphatic rings. The Kier molecular flexibility index (Phi) is 4.48. The summed E-state index contributed by atoms with van der Waals surface area (Å²) in [6.07, 6.45) is 1.00. The maximum absolute atomic E-state index is 13.3. The fourth-order valence-corrected chi connectivity index (χ4v) is 3.25. The van der Waals surface area contributed by atoms with E-state index in [1.165, 1.54) is 24.1 Å². The van der Waals surface area contributed by atoms with Gasteiger partial charge in [-0.15, -0.1) is 0 Å². The zero-order chi connectivity index (χ0) is 15.6. The summed E-state index contributed by atoms with van der Waals surface area (Å²) in [4.78, 5) is 13.8. The molecule has 1 amide bonds. The normalized spacial score (nSPS) is 19.4. The summed E-state index contributed by atoms with van der Waals surface area (Å²) < 4.78 is 41.0. The highest BCUT2D eigenvalue weighted by Gasteiger charge is 2.31. The molecule has 0 radical (unpaired) electrons. The van der Waals surface area contributed by atoms with Crippen LogP contribution in [0.15, 0.2) is 18.2 Å². The van der Waals surface area contributed by atoms with Crippen LogP contribution < -0.4 is 9.88 Å². The predicted octanol–water partition coefficient (Wildman–Crippen LogP) is 0.727. The number of nitrogens with two attached hydrogens (primary N) is 1. The van der Waals surface area contributed by atoms with Crippen LogP contribution in [-0.4, -0.2) is 44.7 Å². The van der Waals surface area contributed by atoms with Gasteiger partial charge in [-0.2, -0.15) is 0 Å². The molecular formula is C13H17FN2O4S. The number of carbonyl (C=O) groups is 1. The van der Waals surface area contributed by atoms with Crippen LogP contribution in [0.3, 0.4) is 0 Å². The van der Waals surface area contributed by atoms with Crippen LogP contribution in [-0.2, 0) is 10.0 Å². The van der Waals surface area contributed by atoms with Crippen LogP contribution >= 0.6 is 0 Å². The summed E-state index contributed by atoms with van der Waals surface area (Å²) >= 11 is 0. The van der Waals surface area contributed by atoms with Crippen molar-refractivity contribution in [1.29, 1.82) is 0 Å². The third-order valence-electron chi connectivity index (χ3n) is 3.53. The standard InChI is InChI=1S/C13H17FN2O4S/c1-20-12-7-9(4-5-11(12)14)13(17)16-6-2-3-10(8-16)21(15,18)19/h4-5,7,10H,2-3,6,8H2,1H3,(H2,15,18,19). The summed E-state index contributed by atoms with van der Waals surface area (Å²) in [5, 5.41) is 4.39. The number of primary sulfonamides is 1. The molecule has 8 heteroatoms. The number of hydrogen-bond donors (Lipinski definition) is 1. The number of halogens is 1. The van der Waals surface area contributed by atoms with Crippen molar-refractivity contribution in [3.05, 3.63) is 29.6 Å². The van der Waals surface area contributed by atoms with E-state index < -0.39 is 21.1 Å². The quantitative estimate of drug-likeness (QED) is 0.890. The second-order valence-electron chi connectivity index (χ2n) is 4.95. The number of amides is 1. The Morgan fingerprint density at radius 3 is 2.81 bits per heavy atom. The number of nitrogens with zero attached hydrogens (tertiary/aromatic N) is 1. The zero-order valence-electron chi connectivity index (χ0n) is 11.6. The number of rotatable bonds is 3. The van der Waals surface area contributed by atoms with E-state index in [1.807, 2.05) is 0 Å². The molecule has 1 aliphatic heterocycles. The smallest absolute Gasteiger partial charge is 0.254 e. The number of carbonyl (C=O) groups excluding carboxylic acids is 1. The first-order chi connectivity index (χ1) is 9.82. The van der Waals surface area contributed by atoms with E-state index >= 15 is 0 Å². The number of ether oxygens (including phenoxy) is 1. The fraction of sp³-hybridized carbons (Fsp3) is 0.462. The van der Waals surface area contributed by atoms with Crippen molar-refractivity contribution in [2.75, 3.05) is 20.2 Å². The zero-order valence-corrected chi connectivity index (χ0v) is 12.4. The van der Waals surface area contributed by atoms with Crippen molar-refractivity contribution in [2.45, 2.75) is 18.1 Å². The molecule has 6 nitrogen and oxygen atoms in total. The van der Waals surface area contributed by atoms with E-state index in [4.69, 9.17) is 9.88 Å². The number of likely N-dealkylation sites (tertiary alicyclic amines) is 1. The summed E-state index contributed by atoms with van der Waals surface area (Å²) in [5.74, 6) is -0.947. The Bertz CT molecular complexity index is 648. The lowest BCUT2D eigenvalue weighted by atomic mass is 10.1. The summed E-state index contributed by atoms with van der Waals surface area (Å²) in [7, 11) is -2.36. The largest absolute Gasteiger partial charge is 0.494 e. The second-order valence-corrected chi connectivity index (χ2v) is 6.80. The minimum absolute atomic E-state index is 0.0270. The molecule has 1 aromatic rings. The molecule has 1 unspecified atom stereocenters. The van der Waals surface area contributed by atoms with E-state index in [0.717, 1.165) is 6.07 Å². The molecule has 1 fully saturated rings. The van der Waals surface area contributed by atoms with Crippen molar-refractivity contribution in [2.24, 2.45) is 5.14 Å². The molecule has 0 bridgehead atoms. The molecule has 0 aliphatic carbocycles. The first kappa shape index (κ1) is 15.7. The van der Waals surface area contributed by atoms with Gasteiger partial charge in [-0.1, -0.05) is 0 Å². The van der Waals surface area contributed by atoms with Gasteiger partial charge in [-0.25, -0.2) is 17.9 Å².